The maximum absolute atomic E-state index is 15.1. The number of aliphatic hydroxyl groups excluding tert-OH is 1. The van der Waals surface area contributed by atoms with Crippen LogP contribution in [0, 0.1) is 5.82 Å². The zero-order chi connectivity index (χ0) is 30.5. The Morgan fingerprint density at radius 1 is 1.20 bits per heavy atom. The van der Waals surface area contributed by atoms with E-state index in [-0.39, 0.29) is 39.5 Å². The third-order valence-corrected chi connectivity index (χ3v) is 7.95. The number of fused-ring (bicyclic) bond motifs is 1. The van der Waals surface area contributed by atoms with Crippen molar-refractivity contribution in [3.63, 3.8) is 0 Å². The Balaban J connectivity index is 1.95. The van der Waals surface area contributed by atoms with E-state index in [1.165, 1.54) is 54.8 Å². The molecule has 0 aliphatic carbocycles. The Bertz CT molecular complexity index is 1580. The standard InChI is InChI=1S/C27H29F5N4O4S/c1-3-41(39,40)20-6-4-17(5-7-20)23(15-37)35-26(38)21-12-18-11-19(36(9-8-28)24(18)13-22(21)29)14-34-25(10-16(2)33)27(30,31)32/h4-7,10-13,23,37H,3,8-9,14-15,33H2,1-2H3,(H,35,38)/t23-/m0/s1. The largest absolute Gasteiger partial charge is 0.432 e. The molecule has 0 aliphatic heterocycles. The molecule has 1 heterocycles. The van der Waals surface area contributed by atoms with Crippen LogP contribution in [-0.2, 0) is 22.9 Å². The van der Waals surface area contributed by atoms with E-state index in [0.717, 1.165) is 6.07 Å². The van der Waals surface area contributed by atoms with Crippen LogP contribution in [0.15, 0.2) is 64.1 Å². The molecule has 0 spiro atoms. The van der Waals surface area contributed by atoms with Gasteiger partial charge in [0.1, 0.15) is 18.2 Å². The average molecular weight is 601 g/mol. The number of nitrogens with two attached hydrogens (primary N) is 1. The highest BCUT2D eigenvalue weighted by Gasteiger charge is 2.34. The van der Waals surface area contributed by atoms with E-state index < -0.39 is 64.9 Å². The highest BCUT2D eigenvalue weighted by molar-refractivity contribution is 7.91. The van der Waals surface area contributed by atoms with Gasteiger partial charge in [-0.1, -0.05) is 19.1 Å². The van der Waals surface area contributed by atoms with E-state index >= 15 is 4.39 Å². The van der Waals surface area contributed by atoms with Gasteiger partial charge in [-0.25, -0.2) is 17.2 Å². The zero-order valence-electron chi connectivity index (χ0n) is 22.2. The first-order chi connectivity index (χ1) is 19.2. The predicted molar refractivity (Wildman–Crippen MR) is 144 cm³/mol. The molecule has 0 radical (unpaired) electrons. The number of hydrogen-bond donors (Lipinski definition) is 3. The number of aliphatic hydroxyl groups is 1. The molecule has 0 saturated heterocycles. The Hall–Kier alpha value is -3.78. The molecule has 0 bridgehead atoms. The van der Waals surface area contributed by atoms with E-state index in [4.69, 9.17) is 5.73 Å². The number of rotatable bonds is 11. The number of hydrogen-bond acceptors (Lipinski definition) is 6. The summed E-state index contributed by atoms with van der Waals surface area (Å²) >= 11 is 0. The molecule has 1 aromatic heterocycles. The fraction of sp³-hybridized carbons (Fsp3) is 0.333. The molecule has 8 nitrogen and oxygen atoms in total. The van der Waals surface area contributed by atoms with Gasteiger partial charge in [0.2, 0.25) is 0 Å². The first kappa shape index (κ1) is 31.7. The summed E-state index contributed by atoms with van der Waals surface area (Å²) < 4.78 is 93.8. The summed E-state index contributed by atoms with van der Waals surface area (Å²) in [6.45, 7) is 0.476. The highest BCUT2D eigenvalue weighted by atomic mass is 32.2. The Morgan fingerprint density at radius 3 is 2.39 bits per heavy atom. The smallest absolute Gasteiger partial charge is 0.402 e. The van der Waals surface area contributed by atoms with Crippen molar-refractivity contribution in [3.05, 3.63) is 76.9 Å². The van der Waals surface area contributed by atoms with Crippen LogP contribution in [-0.4, -0.2) is 54.9 Å². The average Bonchev–Trinajstić information content (AvgIpc) is 3.24. The van der Waals surface area contributed by atoms with Gasteiger partial charge in [-0.15, -0.1) is 0 Å². The number of sulfone groups is 1. The topological polar surface area (TPSA) is 127 Å². The maximum atomic E-state index is 15.1. The van der Waals surface area contributed by atoms with Crippen molar-refractivity contribution < 1.29 is 40.3 Å². The summed E-state index contributed by atoms with van der Waals surface area (Å²) in [5.74, 6) is -2.00. The number of aromatic nitrogens is 1. The predicted octanol–water partition coefficient (Wildman–Crippen LogP) is 4.37. The molecular formula is C27H29F5N4O4S. The summed E-state index contributed by atoms with van der Waals surface area (Å²) in [7, 11) is -3.46. The van der Waals surface area contributed by atoms with Crippen LogP contribution in [0.25, 0.3) is 10.9 Å². The summed E-state index contributed by atoms with van der Waals surface area (Å²) in [5, 5.41) is 12.6. The molecule has 0 unspecified atom stereocenters. The van der Waals surface area contributed by atoms with Crippen LogP contribution in [0.5, 0.6) is 0 Å². The van der Waals surface area contributed by atoms with Crippen LogP contribution in [0.4, 0.5) is 22.0 Å². The molecule has 0 saturated carbocycles. The van der Waals surface area contributed by atoms with E-state index in [1.807, 2.05) is 0 Å². The molecule has 2 aromatic carbocycles. The SMILES string of the molecule is CCS(=O)(=O)c1ccc([C@H](CO)NC(=O)c2cc3cc(CN=C(C=C(C)N)C(F)(F)F)n(CCF)c3cc2F)cc1. The summed E-state index contributed by atoms with van der Waals surface area (Å²) in [6.07, 6.45) is -4.12. The third kappa shape index (κ3) is 7.50. The van der Waals surface area contributed by atoms with Crippen LogP contribution in [0.3, 0.4) is 0 Å². The first-order valence-corrected chi connectivity index (χ1v) is 14.0. The maximum Gasteiger partial charge on any atom is 0.432 e. The molecule has 222 valence electrons. The number of aryl methyl sites for hydroxylation is 1. The second-order valence-electron chi connectivity index (χ2n) is 9.14. The Kier molecular flexibility index (Phi) is 9.92. The minimum absolute atomic E-state index is 0.0673. The fourth-order valence-corrected chi connectivity index (χ4v) is 5.02. The third-order valence-electron chi connectivity index (χ3n) is 6.20. The van der Waals surface area contributed by atoms with Crippen molar-refractivity contribution in [2.45, 2.75) is 44.1 Å². The van der Waals surface area contributed by atoms with Gasteiger partial charge < -0.3 is 20.7 Å². The fourth-order valence-electron chi connectivity index (χ4n) is 4.14. The number of carbonyl (C=O) groups excluding carboxylic acids is 1. The van der Waals surface area contributed by atoms with Crippen molar-refractivity contribution in [3.8, 4) is 0 Å². The van der Waals surface area contributed by atoms with Gasteiger partial charge in [-0.3, -0.25) is 9.79 Å². The van der Waals surface area contributed by atoms with E-state index in [1.54, 1.807) is 0 Å². The number of nitrogens with zero attached hydrogens (tertiary/aromatic N) is 2. The number of alkyl halides is 4. The lowest BCUT2D eigenvalue weighted by atomic mass is 10.1. The van der Waals surface area contributed by atoms with E-state index in [9.17, 15) is 35.9 Å². The minimum atomic E-state index is -4.79. The quantitative estimate of drug-likeness (QED) is 0.223. The van der Waals surface area contributed by atoms with Crippen molar-refractivity contribution in [1.82, 2.24) is 9.88 Å². The molecular weight excluding hydrogens is 571 g/mol. The molecule has 1 atom stereocenters. The number of amides is 1. The van der Waals surface area contributed by atoms with Crippen LogP contribution in [0.2, 0.25) is 0 Å². The second kappa shape index (κ2) is 12.8. The number of aliphatic imine (C=N–C) groups is 1. The molecule has 14 heteroatoms. The Morgan fingerprint density at radius 2 is 1.85 bits per heavy atom. The summed E-state index contributed by atoms with van der Waals surface area (Å²) in [5.41, 5.74) is 4.26. The van der Waals surface area contributed by atoms with Crippen LogP contribution < -0.4 is 11.1 Å². The molecule has 0 aliphatic rings. The number of nitrogens with one attached hydrogen (secondary N) is 1. The van der Waals surface area contributed by atoms with E-state index in [2.05, 4.69) is 10.3 Å². The normalized spacial score (nSPS) is 14.0. The van der Waals surface area contributed by atoms with Gasteiger partial charge in [0.15, 0.2) is 9.84 Å². The van der Waals surface area contributed by atoms with Crippen molar-refractivity contribution in [1.29, 1.82) is 0 Å². The van der Waals surface area contributed by atoms with Gasteiger partial charge in [0.05, 0.1) is 47.5 Å². The lowest BCUT2D eigenvalue weighted by Crippen LogP contribution is -2.31. The molecule has 3 rings (SSSR count). The highest BCUT2D eigenvalue weighted by Crippen LogP contribution is 2.27. The lowest BCUT2D eigenvalue weighted by molar-refractivity contribution is -0.0579. The van der Waals surface area contributed by atoms with E-state index in [0.29, 0.717) is 11.6 Å². The number of halogens is 5. The monoisotopic (exact) mass is 600 g/mol. The van der Waals surface area contributed by atoms with Gasteiger partial charge in [-0.05, 0) is 48.9 Å². The number of allylic oxidation sites excluding steroid dienone is 2. The van der Waals surface area contributed by atoms with Gasteiger partial charge in [0.25, 0.3) is 5.91 Å². The molecule has 3 aromatic rings. The van der Waals surface area contributed by atoms with Crippen molar-refractivity contribution in [2.75, 3.05) is 19.0 Å². The van der Waals surface area contributed by atoms with Crippen molar-refractivity contribution in [2.24, 2.45) is 10.7 Å². The van der Waals surface area contributed by atoms with Gasteiger partial charge in [-0.2, -0.15) is 13.2 Å². The zero-order valence-corrected chi connectivity index (χ0v) is 23.0. The van der Waals surface area contributed by atoms with Gasteiger partial charge >= 0.3 is 6.18 Å². The molecule has 41 heavy (non-hydrogen) atoms. The second-order valence-corrected chi connectivity index (χ2v) is 11.4. The van der Waals surface area contributed by atoms with Crippen molar-refractivity contribution >= 4 is 32.4 Å². The molecule has 0 fully saturated rings. The van der Waals surface area contributed by atoms with Gasteiger partial charge in [0, 0.05) is 16.8 Å². The number of carbonyl (C=O) groups is 1. The van der Waals surface area contributed by atoms with Crippen LogP contribution >= 0.6 is 0 Å². The lowest BCUT2D eigenvalue weighted by Gasteiger charge is -2.18. The molecule has 1 amide bonds. The molecule has 4 N–H and O–H groups in total. The Labute approximate surface area is 233 Å². The minimum Gasteiger partial charge on any atom is -0.402 e. The first-order valence-electron chi connectivity index (χ1n) is 12.4. The summed E-state index contributed by atoms with van der Waals surface area (Å²) in [6, 6.07) is 8.03. The number of benzene rings is 2. The summed E-state index contributed by atoms with van der Waals surface area (Å²) in [4.78, 5) is 16.6. The van der Waals surface area contributed by atoms with Crippen LogP contribution in [0.1, 0.15) is 41.5 Å².